The third kappa shape index (κ3) is 2.13. The summed E-state index contributed by atoms with van der Waals surface area (Å²) in [7, 11) is 0. The van der Waals surface area contributed by atoms with Gasteiger partial charge in [0.2, 0.25) is 0 Å². The van der Waals surface area contributed by atoms with Crippen molar-refractivity contribution in [2.45, 2.75) is 5.33 Å². The normalized spacial score (nSPS) is 10.7. The molecule has 3 aromatic rings. The smallest absolute Gasteiger partial charge is 0.118 e. The van der Waals surface area contributed by atoms with Gasteiger partial charge in [0, 0.05) is 22.6 Å². The zero-order valence-corrected chi connectivity index (χ0v) is 12.0. The molecule has 0 aliphatic rings. The fourth-order valence-electron chi connectivity index (χ4n) is 1.87. The van der Waals surface area contributed by atoms with Crippen molar-refractivity contribution in [1.29, 1.82) is 0 Å². The van der Waals surface area contributed by atoms with E-state index in [0.29, 0.717) is 0 Å². The van der Waals surface area contributed by atoms with Gasteiger partial charge in [-0.2, -0.15) is 5.10 Å². The molecule has 2 nitrogen and oxygen atoms in total. The van der Waals surface area contributed by atoms with Crippen LogP contribution in [0.5, 0.6) is 0 Å². The molecule has 90 valence electrons. The van der Waals surface area contributed by atoms with E-state index in [1.54, 1.807) is 17.5 Å². The minimum absolute atomic E-state index is 0.873. The molecule has 0 amide bonds. The van der Waals surface area contributed by atoms with E-state index in [9.17, 15) is 0 Å². The molecule has 0 fully saturated rings. The Hall–Kier alpha value is -1.39. The number of thiophene rings is 1. The van der Waals surface area contributed by atoms with E-state index in [-0.39, 0.29) is 0 Å². The molecular weight excluding hydrogens is 308 g/mol. The van der Waals surface area contributed by atoms with Crippen LogP contribution in [-0.2, 0) is 5.33 Å². The summed E-state index contributed by atoms with van der Waals surface area (Å²) in [4.78, 5) is 1.27. The maximum Gasteiger partial charge on any atom is 0.118 e. The highest BCUT2D eigenvalue weighted by atomic mass is 79.9. The molecule has 0 aliphatic heterocycles. The van der Waals surface area contributed by atoms with Crippen LogP contribution in [0.1, 0.15) is 5.56 Å². The van der Waals surface area contributed by atoms with Gasteiger partial charge in [-0.25, -0.2) is 4.68 Å². The third-order valence-corrected chi connectivity index (χ3v) is 4.46. The summed E-state index contributed by atoms with van der Waals surface area (Å²) in [6, 6.07) is 14.7. The summed E-state index contributed by atoms with van der Waals surface area (Å²) < 4.78 is 1.89. The maximum absolute atomic E-state index is 4.25. The molecular formula is C14H11BrN2S. The zero-order chi connectivity index (χ0) is 12.4. The molecule has 0 unspecified atom stereocenters. The van der Waals surface area contributed by atoms with Crippen LogP contribution in [0, 0.1) is 0 Å². The Bertz CT molecular complexity index is 643. The molecule has 18 heavy (non-hydrogen) atoms. The van der Waals surface area contributed by atoms with Gasteiger partial charge < -0.3 is 0 Å². The van der Waals surface area contributed by atoms with Gasteiger partial charge in [-0.3, -0.25) is 0 Å². The monoisotopic (exact) mass is 318 g/mol. The molecule has 2 heterocycles. The van der Waals surface area contributed by atoms with Crippen molar-refractivity contribution in [2.24, 2.45) is 0 Å². The van der Waals surface area contributed by atoms with Crippen molar-refractivity contribution in [2.75, 3.05) is 0 Å². The Labute approximate surface area is 118 Å². The van der Waals surface area contributed by atoms with Gasteiger partial charge in [0.05, 0.1) is 0 Å². The summed E-state index contributed by atoms with van der Waals surface area (Å²) in [5, 5.41) is 6.27. The van der Waals surface area contributed by atoms with Gasteiger partial charge in [0.15, 0.2) is 0 Å². The molecule has 0 saturated carbocycles. The predicted molar refractivity (Wildman–Crippen MR) is 79.5 cm³/mol. The molecule has 0 radical (unpaired) electrons. The van der Waals surface area contributed by atoms with Gasteiger partial charge in [0.25, 0.3) is 0 Å². The maximum atomic E-state index is 4.25. The minimum Gasteiger partial charge on any atom is -0.231 e. The van der Waals surface area contributed by atoms with Crippen molar-refractivity contribution in [1.82, 2.24) is 9.78 Å². The fourth-order valence-corrected chi connectivity index (χ4v) is 3.37. The molecule has 3 rings (SSSR count). The average Bonchev–Trinajstić information content (AvgIpc) is 3.09. The van der Waals surface area contributed by atoms with E-state index < -0.39 is 0 Å². The summed E-state index contributed by atoms with van der Waals surface area (Å²) >= 11 is 5.29. The van der Waals surface area contributed by atoms with E-state index in [2.05, 4.69) is 57.4 Å². The molecule has 4 heteroatoms. The number of hydrogen-bond acceptors (Lipinski definition) is 2. The van der Waals surface area contributed by atoms with E-state index >= 15 is 0 Å². The average molecular weight is 319 g/mol. The topological polar surface area (TPSA) is 17.8 Å². The highest BCUT2D eigenvalue weighted by Crippen LogP contribution is 2.32. The van der Waals surface area contributed by atoms with Crippen LogP contribution in [-0.4, -0.2) is 9.78 Å². The van der Waals surface area contributed by atoms with Gasteiger partial charge in [-0.15, -0.1) is 11.3 Å². The van der Waals surface area contributed by atoms with Crippen LogP contribution in [0.25, 0.3) is 15.4 Å². The van der Waals surface area contributed by atoms with Crippen LogP contribution >= 0.6 is 27.3 Å². The van der Waals surface area contributed by atoms with E-state index in [0.717, 1.165) is 10.3 Å². The first-order valence-electron chi connectivity index (χ1n) is 5.62. The first-order valence-corrected chi connectivity index (χ1v) is 7.56. The number of aromatic nitrogens is 2. The number of halogens is 1. The lowest BCUT2D eigenvalue weighted by atomic mass is 10.1. The first-order chi connectivity index (χ1) is 8.88. The Balaban J connectivity index is 2.03. The Morgan fingerprint density at radius 2 is 2.00 bits per heavy atom. The second-order valence-electron chi connectivity index (χ2n) is 3.88. The van der Waals surface area contributed by atoms with Gasteiger partial charge in [-0.05, 0) is 29.3 Å². The van der Waals surface area contributed by atoms with Crippen LogP contribution < -0.4 is 0 Å². The van der Waals surface area contributed by atoms with E-state index in [1.807, 2.05) is 16.9 Å². The van der Waals surface area contributed by atoms with Crippen LogP contribution in [0.3, 0.4) is 0 Å². The molecule has 0 N–H and O–H groups in total. The molecule has 2 aromatic heterocycles. The van der Waals surface area contributed by atoms with E-state index in [1.165, 1.54) is 16.0 Å². The van der Waals surface area contributed by atoms with Gasteiger partial charge >= 0.3 is 0 Å². The summed E-state index contributed by atoms with van der Waals surface area (Å²) in [5.74, 6) is 0. The minimum atomic E-state index is 0.873. The molecule has 0 saturated heterocycles. The van der Waals surface area contributed by atoms with Crippen molar-refractivity contribution in [3.05, 3.63) is 60.4 Å². The number of hydrogen-bond donors (Lipinski definition) is 0. The molecule has 0 spiro atoms. The number of nitrogens with zero attached hydrogens (tertiary/aromatic N) is 2. The second kappa shape index (κ2) is 5.08. The SMILES string of the molecule is BrCc1ccccc1-c1ccc(-n2cccn2)s1. The predicted octanol–water partition coefficient (Wildman–Crippen LogP) is 4.50. The van der Waals surface area contributed by atoms with Crippen molar-refractivity contribution >= 4 is 27.3 Å². The lowest BCUT2D eigenvalue weighted by molar-refractivity contribution is 0.898. The van der Waals surface area contributed by atoms with E-state index in [4.69, 9.17) is 0 Å². The summed E-state index contributed by atoms with van der Waals surface area (Å²) in [6.07, 6.45) is 3.76. The molecule has 0 atom stereocenters. The molecule has 1 aromatic carbocycles. The van der Waals surface area contributed by atoms with Crippen molar-refractivity contribution in [3.63, 3.8) is 0 Å². The number of benzene rings is 1. The Morgan fingerprint density at radius 3 is 2.78 bits per heavy atom. The summed E-state index contributed by atoms with van der Waals surface area (Å²) in [6.45, 7) is 0. The molecule has 0 aliphatic carbocycles. The van der Waals surface area contributed by atoms with Crippen molar-refractivity contribution < 1.29 is 0 Å². The zero-order valence-electron chi connectivity index (χ0n) is 9.58. The lowest BCUT2D eigenvalue weighted by Gasteiger charge is -2.03. The summed E-state index contributed by atoms with van der Waals surface area (Å²) in [5.41, 5.74) is 2.60. The fraction of sp³-hybridized carbons (Fsp3) is 0.0714. The largest absolute Gasteiger partial charge is 0.231 e. The van der Waals surface area contributed by atoms with Crippen LogP contribution in [0.2, 0.25) is 0 Å². The van der Waals surface area contributed by atoms with Crippen LogP contribution in [0.15, 0.2) is 54.9 Å². The Kier molecular flexibility index (Phi) is 3.30. The Morgan fingerprint density at radius 1 is 1.11 bits per heavy atom. The third-order valence-electron chi connectivity index (χ3n) is 2.75. The standard InChI is InChI=1S/C14H11BrN2S/c15-10-11-4-1-2-5-12(11)13-6-7-14(18-13)17-9-3-8-16-17/h1-9H,10H2. The quantitative estimate of drug-likeness (QED) is 0.650. The second-order valence-corrected chi connectivity index (χ2v) is 5.50. The number of alkyl halides is 1. The van der Waals surface area contributed by atoms with Gasteiger partial charge in [0.1, 0.15) is 5.00 Å². The molecule has 0 bridgehead atoms. The van der Waals surface area contributed by atoms with Crippen molar-refractivity contribution in [3.8, 4) is 15.4 Å². The van der Waals surface area contributed by atoms with Gasteiger partial charge in [-0.1, -0.05) is 40.2 Å². The number of rotatable bonds is 3. The van der Waals surface area contributed by atoms with Crippen LogP contribution in [0.4, 0.5) is 0 Å². The lowest BCUT2D eigenvalue weighted by Crippen LogP contribution is -1.88. The first kappa shape index (κ1) is 11.7. The highest BCUT2D eigenvalue weighted by Gasteiger charge is 2.07. The highest BCUT2D eigenvalue weighted by molar-refractivity contribution is 9.08.